The molecular weight excluding hydrogens is 278 g/mol. The fraction of sp³-hybridized carbons (Fsp3) is 0.412. The van der Waals surface area contributed by atoms with E-state index in [1.54, 1.807) is 0 Å². The zero-order valence-electron chi connectivity index (χ0n) is 13.0. The van der Waals surface area contributed by atoms with Crippen LogP contribution in [0, 0.1) is 13.8 Å². The summed E-state index contributed by atoms with van der Waals surface area (Å²) >= 11 is 0. The van der Waals surface area contributed by atoms with Crippen LogP contribution in [-0.2, 0) is 11.2 Å². The predicted octanol–water partition coefficient (Wildman–Crippen LogP) is 1.98. The summed E-state index contributed by atoms with van der Waals surface area (Å²) in [6, 6.07) is 6.33. The zero-order valence-corrected chi connectivity index (χ0v) is 13.0. The van der Waals surface area contributed by atoms with Crippen LogP contribution in [0.1, 0.15) is 41.3 Å². The van der Waals surface area contributed by atoms with E-state index in [4.69, 9.17) is 5.11 Å². The van der Waals surface area contributed by atoms with Crippen molar-refractivity contribution in [2.24, 2.45) is 0 Å². The van der Waals surface area contributed by atoms with Gasteiger partial charge in [0.15, 0.2) is 0 Å². The van der Waals surface area contributed by atoms with Crippen molar-refractivity contribution in [2.75, 3.05) is 6.61 Å². The maximum Gasteiger partial charge on any atom is 0.246 e. The SMILES string of the molecule is Cc1cc(C)cc(-n2ncc3c2CCC[C@@H]3NC(=O)CO)c1. The van der Waals surface area contributed by atoms with E-state index in [1.807, 2.05) is 10.9 Å². The minimum Gasteiger partial charge on any atom is -0.387 e. The van der Waals surface area contributed by atoms with E-state index in [9.17, 15) is 4.79 Å². The lowest BCUT2D eigenvalue weighted by Gasteiger charge is -2.24. The van der Waals surface area contributed by atoms with Crippen LogP contribution in [0.25, 0.3) is 5.69 Å². The second-order valence-electron chi connectivity index (χ2n) is 5.97. The number of aliphatic hydroxyl groups excluding tert-OH is 1. The predicted molar refractivity (Wildman–Crippen MR) is 83.9 cm³/mol. The minimum absolute atomic E-state index is 0.0527. The number of nitrogens with one attached hydrogen (secondary N) is 1. The molecule has 1 aromatic heterocycles. The summed E-state index contributed by atoms with van der Waals surface area (Å²) in [4.78, 5) is 11.5. The van der Waals surface area contributed by atoms with Gasteiger partial charge in [0.1, 0.15) is 6.61 Å². The highest BCUT2D eigenvalue weighted by atomic mass is 16.3. The third kappa shape index (κ3) is 2.76. The van der Waals surface area contributed by atoms with Gasteiger partial charge in [0.25, 0.3) is 0 Å². The Balaban J connectivity index is 1.98. The van der Waals surface area contributed by atoms with Gasteiger partial charge in [0.05, 0.1) is 17.9 Å². The molecule has 0 saturated heterocycles. The van der Waals surface area contributed by atoms with Gasteiger partial charge in [-0.05, 0) is 56.4 Å². The van der Waals surface area contributed by atoms with E-state index >= 15 is 0 Å². The Kier molecular flexibility index (Phi) is 3.98. The molecule has 0 fully saturated rings. The monoisotopic (exact) mass is 299 g/mol. The molecule has 5 nitrogen and oxygen atoms in total. The molecule has 0 bridgehead atoms. The summed E-state index contributed by atoms with van der Waals surface area (Å²) < 4.78 is 1.98. The number of carbonyl (C=O) groups is 1. The second-order valence-corrected chi connectivity index (χ2v) is 5.97. The smallest absolute Gasteiger partial charge is 0.246 e. The molecule has 1 amide bonds. The summed E-state index contributed by atoms with van der Waals surface area (Å²) in [6.07, 6.45) is 4.68. The number of nitrogens with zero attached hydrogens (tertiary/aromatic N) is 2. The van der Waals surface area contributed by atoms with Crippen LogP contribution in [0.3, 0.4) is 0 Å². The average molecular weight is 299 g/mol. The van der Waals surface area contributed by atoms with E-state index in [0.29, 0.717) is 0 Å². The number of fused-ring (bicyclic) bond motifs is 1. The molecular formula is C17H21N3O2. The van der Waals surface area contributed by atoms with Gasteiger partial charge >= 0.3 is 0 Å². The maximum atomic E-state index is 11.5. The molecule has 1 aliphatic carbocycles. The lowest BCUT2D eigenvalue weighted by atomic mass is 9.93. The van der Waals surface area contributed by atoms with Gasteiger partial charge in [-0.15, -0.1) is 0 Å². The molecule has 5 heteroatoms. The molecule has 2 aromatic rings. The summed E-state index contributed by atoms with van der Waals surface area (Å²) in [5, 5.41) is 16.3. The van der Waals surface area contributed by atoms with Gasteiger partial charge in [0.2, 0.25) is 5.91 Å². The first-order valence-corrected chi connectivity index (χ1v) is 7.64. The van der Waals surface area contributed by atoms with Crippen molar-refractivity contribution in [3.05, 3.63) is 46.8 Å². The van der Waals surface area contributed by atoms with E-state index in [2.05, 4.69) is 42.5 Å². The number of aryl methyl sites for hydroxylation is 2. The van der Waals surface area contributed by atoms with Crippen LogP contribution in [0.4, 0.5) is 0 Å². The number of hydrogen-bond donors (Lipinski definition) is 2. The van der Waals surface area contributed by atoms with Crippen molar-refractivity contribution in [3.63, 3.8) is 0 Å². The number of rotatable bonds is 3. The molecule has 0 saturated carbocycles. The van der Waals surface area contributed by atoms with Crippen LogP contribution >= 0.6 is 0 Å². The quantitative estimate of drug-likeness (QED) is 0.910. The molecule has 22 heavy (non-hydrogen) atoms. The standard InChI is InChI=1S/C17H21N3O2/c1-11-6-12(2)8-13(7-11)20-16-5-3-4-15(14(16)9-18-20)19-17(22)10-21/h6-9,15,21H,3-5,10H2,1-2H3,(H,19,22)/t15-/m0/s1. The molecule has 0 aliphatic heterocycles. The highest BCUT2D eigenvalue weighted by molar-refractivity contribution is 5.77. The number of amides is 1. The molecule has 1 heterocycles. The highest BCUT2D eigenvalue weighted by Gasteiger charge is 2.25. The van der Waals surface area contributed by atoms with Crippen LogP contribution in [0.2, 0.25) is 0 Å². The molecule has 116 valence electrons. The Bertz CT molecular complexity index is 686. The summed E-state index contributed by atoms with van der Waals surface area (Å²) in [7, 11) is 0. The van der Waals surface area contributed by atoms with Crippen LogP contribution in [0.15, 0.2) is 24.4 Å². The minimum atomic E-state index is -0.475. The Morgan fingerprint density at radius 2 is 2.09 bits per heavy atom. The van der Waals surface area contributed by atoms with Gasteiger partial charge in [-0.2, -0.15) is 5.10 Å². The van der Waals surface area contributed by atoms with Gasteiger partial charge in [-0.3, -0.25) is 4.79 Å². The second kappa shape index (κ2) is 5.93. The van der Waals surface area contributed by atoms with Crippen molar-refractivity contribution in [1.82, 2.24) is 15.1 Å². The van der Waals surface area contributed by atoms with Crippen molar-refractivity contribution in [1.29, 1.82) is 0 Å². The number of carbonyl (C=O) groups excluding carboxylic acids is 1. The van der Waals surface area contributed by atoms with Gasteiger partial charge in [-0.25, -0.2) is 4.68 Å². The highest BCUT2D eigenvalue weighted by Crippen LogP contribution is 2.31. The Labute approximate surface area is 130 Å². The number of hydrogen-bond acceptors (Lipinski definition) is 3. The number of aliphatic hydroxyl groups is 1. The Morgan fingerprint density at radius 1 is 1.36 bits per heavy atom. The summed E-state index contributed by atoms with van der Waals surface area (Å²) in [5.41, 5.74) is 5.69. The maximum absolute atomic E-state index is 11.5. The van der Waals surface area contributed by atoms with Crippen LogP contribution in [-0.4, -0.2) is 27.4 Å². The van der Waals surface area contributed by atoms with Gasteiger partial charge in [0, 0.05) is 11.3 Å². The van der Waals surface area contributed by atoms with E-state index in [0.717, 1.165) is 36.2 Å². The number of aromatic nitrogens is 2. The normalized spacial score (nSPS) is 17.1. The number of benzene rings is 1. The topological polar surface area (TPSA) is 67.2 Å². The third-order valence-corrected chi connectivity index (χ3v) is 4.11. The molecule has 1 atom stereocenters. The third-order valence-electron chi connectivity index (χ3n) is 4.11. The molecule has 1 aromatic carbocycles. The zero-order chi connectivity index (χ0) is 15.7. The summed E-state index contributed by atoms with van der Waals surface area (Å²) in [5.74, 6) is -0.336. The Morgan fingerprint density at radius 3 is 2.77 bits per heavy atom. The van der Waals surface area contributed by atoms with Gasteiger partial charge < -0.3 is 10.4 Å². The summed E-state index contributed by atoms with van der Waals surface area (Å²) in [6.45, 7) is 3.69. The fourth-order valence-corrected chi connectivity index (χ4v) is 3.24. The molecule has 0 radical (unpaired) electrons. The van der Waals surface area contributed by atoms with E-state index in [-0.39, 0.29) is 11.9 Å². The fourth-order valence-electron chi connectivity index (χ4n) is 3.24. The van der Waals surface area contributed by atoms with E-state index < -0.39 is 6.61 Å². The van der Waals surface area contributed by atoms with E-state index in [1.165, 1.54) is 11.1 Å². The first-order valence-electron chi connectivity index (χ1n) is 7.64. The molecule has 1 aliphatic rings. The van der Waals surface area contributed by atoms with Crippen molar-refractivity contribution < 1.29 is 9.90 Å². The lowest BCUT2D eigenvalue weighted by Crippen LogP contribution is -2.32. The van der Waals surface area contributed by atoms with Crippen LogP contribution in [0.5, 0.6) is 0 Å². The Hall–Kier alpha value is -2.14. The molecule has 2 N–H and O–H groups in total. The van der Waals surface area contributed by atoms with Gasteiger partial charge in [-0.1, -0.05) is 6.07 Å². The molecule has 0 spiro atoms. The molecule has 3 rings (SSSR count). The van der Waals surface area contributed by atoms with Crippen molar-refractivity contribution in [2.45, 2.75) is 39.2 Å². The van der Waals surface area contributed by atoms with Crippen molar-refractivity contribution >= 4 is 5.91 Å². The van der Waals surface area contributed by atoms with Crippen molar-refractivity contribution in [3.8, 4) is 5.69 Å². The molecule has 0 unspecified atom stereocenters. The largest absolute Gasteiger partial charge is 0.387 e. The lowest BCUT2D eigenvalue weighted by molar-refractivity contribution is -0.124. The van der Waals surface area contributed by atoms with Crippen LogP contribution < -0.4 is 5.32 Å². The first-order chi connectivity index (χ1) is 10.6. The average Bonchev–Trinajstić information content (AvgIpc) is 2.91. The first kappa shape index (κ1) is 14.8.